The summed E-state index contributed by atoms with van der Waals surface area (Å²) in [6.07, 6.45) is 0. The molecule has 1 heterocycles. The molecule has 1 fully saturated rings. The van der Waals surface area contributed by atoms with Crippen LogP contribution in [0.2, 0.25) is 5.02 Å². The van der Waals surface area contributed by atoms with Crippen LogP contribution >= 0.6 is 11.6 Å². The van der Waals surface area contributed by atoms with E-state index >= 15 is 0 Å². The van der Waals surface area contributed by atoms with Crippen molar-refractivity contribution >= 4 is 17.4 Å². The molecular formula is C16H23ClN2O. The number of rotatable bonds is 5. The number of piperazine rings is 1. The van der Waals surface area contributed by atoms with E-state index in [1.165, 1.54) is 0 Å². The van der Waals surface area contributed by atoms with Crippen LogP contribution in [-0.2, 0) is 4.79 Å². The molecule has 0 aliphatic carbocycles. The maximum Gasteiger partial charge on any atom is 0.144 e. The van der Waals surface area contributed by atoms with Gasteiger partial charge in [-0.3, -0.25) is 9.69 Å². The lowest BCUT2D eigenvalue weighted by Gasteiger charge is -2.31. The summed E-state index contributed by atoms with van der Waals surface area (Å²) in [5, 5.41) is 4.06. The lowest BCUT2D eigenvalue weighted by molar-refractivity contribution is -0.123. The molecule has 2 rings (SSSR count). The predicted molar refractivity (Wildman–Crippen MR) is 83.3 cm³/mol. The van der Waals surface area contributed by atoms with E-state index in [9.17, 15) is 4.79 Å². The number of hydrogen-bond donors (Lipinski definition) is 1. The number of hydrogen-bond acceptors (Lipinski definition) is 3. The Bertz CT molecular complexity index is 438. The highest BCUT2D eigenvalue weighted by Gasteiger charge is 2.26. The number of benzene rings is 1. The van der Waals surface area contributed by atoms with Gasteiger partial charge in [0.05, 0.1) is 5.92 Å². The van der Waals surface area contributed by atoms with Crippen molar-refractivity contribution in [2.24, 2.45) is 5.92 Å². The van der Waals surface area contributed by atoms with Crippen LogP contribution in [0.1, 0.15) is 25.3 Å². The minimum absolute atomic E-state index is 0.0506. The van der Waals surface area contributed by atoms with Crippen molar-refractivity contribution in [3.63, 3.8) is 0 Å². The van der Waals surface area contributed by atoms with E-state index < -0.39 is 0 Å². The first kappa shape index (κ1) is 15.5. The van der Waals surface area contributed by atoms with Gasteiger partial charge >= 0.3 is 0 Å². The van der Waals surface area contributed by atoms with Gasteiger partial charge in [0, 0.05) is 43.7 Å². The summed E-state index contributed by atoms with van der Waals surface area (Å²) in [4.78, 5) is 14.9. The van der Waals surface area contributed by atoms with Crippen LogP contribution in [0.15, 0.2) is 24.3 Å². The molecular weight excluding hydrogens is 272 g/mol. The van der Waals surface area contributed by atoms with E-state index in [-0.39, 0.29) is 11.8 Å². The van der Waals surface area contributed by atoms with Gasteiger partial charge in [-0.1, -0.05) is 37.6 Å². The van der Waals surface area contributed by atoms with Crippen molar-refractivity contribution < 1.29 is 4.79 Å². The molecule has 110 valence electrons. The Morgan fingerprint density at radius 1 is 1.25 bits per heavy atom. The van der Waals surface area contributed by atoms with Crippen LogP contribution in [0, 0.1) is 5.92 Å². The second-order valence-electron chi connectivity index (χ2n) is 5.71. The fraction of sp³-hybridized carbons (Fsp3) is 0.562. The molecule has 0 bridgehead atoms. The van der Waals surface area contributed by atoms with Gasteiger partial charge in [0.25, 0.3) is 0 Å². The largest absolute Gasteiger partial charge is 0.314 e. The minimum atomic E-state index is -0.0506. The Labute approximate surface area is 126 Å². The molecule has 1 atom stereocenters. The summed E-state index contributed by atoms with van der Waals surface area (Å²) in [7, 11) is 0. The number of nitrogens with one attached hydrogen (secondary N) is 1. The quantitative estimate of drug-likeness (QED) is 0.906. The molecule has 1 N–H and O–H groups in total. The third-order valence-corrected chi connectivity index (χ3v) is 4.09. The van der Waals surface area contributed by atoms with Gasteiger partial charge < -0.3 is 5.32 Å². The smallest absolute Gasteiger partial charge is 0.144 e. The van der Waals surface area contributed by atoms with E-state index in [1.54, 1.807) is 0 Å². The number of halogens is 1. The van der Waals surface area contributed by atoms with Crippen LogP contribution in [0.4, 0.5) is 0 Å². The molecule has 1 aromatic rings. The van der Waals surface area contributed by atoms with Crippen LogP contribution in [0.25, 0.3) is 0 Å². The zero-order valence-electron chi connectivity index (χ0n) is 12.2. The summed E-state index contributed by atoms with van der Waals surface area (Å²) in [6, 6.07) is 7.70. The first-order valence-corrected chi connectivity index (χ1v) is 7.68. The van der Waals surface area contributed by atoms with Gasteiger partial charge in [0.2, 0.25) is 0 Å². The average molecular weight is 295 g/mol. The third kappa shape index (κ3) is 4.05. The second kappa shape index (κ2) is 7.21. The van der Waals surface area contributed by atoms with Crippen molar-refractivity contribution in [3.8, 4) is 0 Å². The molecule has 0 unspecified atom stereocenters. The van der Waals surface area contributed by atoms with Gasteiger partial charge in [0.1, 0.15) is 5.78 Å². The molecule has 0 amide bonds. The highest BCUT2D eigenvalue weighted by Crippen LogP contribution is 2.23. The van der Waals surface area contributed by atoms with Crippen LogP contribution in [0.3, 0.4) is 0 Å². The van der Waals surface area contributed by atoms with Crippen molar-refractivity contribution in [2.75, 3.05) is 32.7 Å². The third-order valence-electron chi connectivity index (χ3n) is 3.84. The first-order chi connectivity index (χ1) is 9.58. The number of Topliss-reactive ketones (excluding diaryl/α,β-unsaturated/α-hetero) is 1. The van der Waals surface area contributed by atoms with E-state index in [4.69, 9.17) is 11.6 Å². The topological polar surface area (TPSA) is 32.3 Å². The van der Waals surface area contributed by atoms with E-state index in [0.29, 0.717) is 10.8 Å². The van der Waals surface area contributed by atoms with Crippen LogP contribution < -0.4 is 5.32 Å². The zero-order chi connectivity index (χ0) is 14.5. The monoisotopic (exact) mass is 294 g/mol. The molecule has 4 heteroatoms. The molecule has 0 aromatic heterocycles. The van der Waals surface area contributed by atoms with Gasteiger partial charge in [-0.25, -0.2) is 0 Å². The fourth-order valence-corrected chi connectivity index (χ4v) is 2.74. The highest BCUT2D eigenvalue weighted by molar-refractivity contribution is 6.30. The molecule has 1 aromatic carbocycles. The normalized spacial score (nSPS) is 18.2. The lowest BCUT2D eigenvalue weighted by atomic mass is 9.88. The molecule has 3 nitrogen and oxygen atoms in total. The summed E-state index contributed by atoms with van der Waals surface area (Å²) in [6.45, 7) is 8.78. The molecule has 0 saturated carbocycles. The van der Waals surface area contributed by atoms with Crippen molar-refractivity contribution in [2.45, 2.75) is 19.8 Å². The van der Waals surface area contributed by atoms with Crippen molar-refractivity contribution in [3.05, 3.63) is 34.9 Å². The Kier molecular flexibility index (Phi) is 5.58. The van der Waals surface area contributed by atoms with Crippen molar-refractivity contribution in [1.82, 2.24) is 10.2 Å². The second-order valence-corrected chi connectivity index (χ2v) is 6.15. The van der Waals surface area contributed by atoms with Crippen LogP contribution in [0.5, 0.6) is 0 Å². The minimum Gasteiger partial charge on any atom is -0.314 e. The molecule has 0 spiro atoms. The summed E-state index contributed by atoms with van der Waals surface area (Å²) in [5.41, 5.74) is 1.08. The Morgan fingerprint density at radius 3 is 2.40 bits per heavy atom. The SMILES string of the molecule is CC(C)C(=O)[C@H](CN1CCNCC1)c1ccc(Cl)cc1. The number of ketones is 1. The fourth-order valence-electron chi connectivity index (χ4n) is 2.61. The van der Waals surface area contributed by atoms with E-state index in [1.807, 2.05) is 38.1 Å². The summed E-state index contributed by atoms with van der Waals surface area (Å²) < 4.78 is 0. The molecule has 1 saturated heterocycles. The molecule has 20 heavy (non-hydrogen) atoms. The molecule has 1 aliphatic heterocycles. The Hall–Kier alpha value is -0.900. The van der Waals surface area contributed by atoms with E-state index in [2.05, 4.69) is 10.2 Å². The summed E-state index contributed by atoms with van der Waals surface area (Å²) >= 11 is 5.95. The lowest BCUT2D eigenvalue weighted by Crippen LogP contribution is -2.46. The highest BCUT2D eigenvalue weighted by atomic mass is 35.5. The number of carbonyl (C=O) groups is 1. The van der Waals surface area contributed by atoms with Crippen LogP contribution in [-0.4, -0.2) is 43.4 Å². The van der Waals surface area contributed by atoms with Gasteiger partial charge in [-0.2, -0.15) is 0 Å². The predicted octanol–water partition coefficient (Wildman–Crippen LogP) is 2.55. The average Bonchev–Trinajstić information content (AvgIpc) is 2.46. The zero-order valence-corrected chi connectivity index (χ0v) is 13.0. The van der Waals surface area contributed by atoms with Gasteiger partial charge in [-0.05, 0) is 17.7 Å². The number of nitrogens with zero attached hydrogens (tertiary/aromatic N) is 1. The number of carbonyl (C=O) groups excluding carboxylic acids is 1. The first-order valence-electron chi connectivity index (χ1n) is 7.30. The Balaban J connectivity index is 2.15. The van der Waals surface area contributed by atoms with E-state index in [0.717, 1.165) is 38.3 Å². The standard InChI is InChI=1S/C16H23ClN2O/c1-12(2)16(20)15(11-19-9-7-18-8-10-19)13-3-5-14(17)6-4-13/h3-6,12,15,18H,7-11H2,1-2H3/t15-/m1/s1. The Morgan fingerprint density at radius 2 is 1.85 bits per heavy atom. The summed E-state index contributed by atoms with van der Waals surface area (Å²) in [5.74, 6) is 0.315. The molecule has 1 aliphatic rings. The maximum atomic E-state index is 12.5. The van der Waals surface area contributed by atoms with Gasteiger partial charge in [-0.15, -0.1) is 0 Å². The maximum absolute atomic E-state index is 12.5. The van der Waals surface area contributed by atoms with Crippen molar-refractivity contribution in [1.29, 1.82) is 0 Å². The molecule has 0 radical (unpaired) electrons. The van der Waals surface area contributed by atoms with Gasteiger partial charge in [0.15, 0.2) is 0 Å².